The Morgan fingerprint density at radius 3 is 2.00 bits per heavy atom. The topological polar surface area (TPSA) is 23.5 Å². The number of hydrogen-bond acceptors (Lipinski definition) is 2. The molecule has 0 aromatic heterocycles. The van der Waals surface area contributed by atoms with Crippen molar-refractivity contribution < 1.29 is 5.11 Å². The first-order valence-electron chi connectivity index (χ1n) is 2.82. The quantitative estimate of drug-likeness (QED) is 0.558. The van der Waals surface area contributed by atoms with Crippen LogP contribution in [-0.4, -0.2) is 16.7 Å². The zero-order valence-electron chi connectivity index (χ0n) is 5.07. The Morgan fingerprint density at radius 2 is 1.56 bits per heavy atom. The highest BCUT2D eigenvalue weighted by Gasteiger charge is 1.87. The van der Waals surface area contributed by atoms with Gasteiger partial charge in [0, 0.05) is 12.4 Å². The third-order valence-electron chi connectivity index (χ3n) is 1.05. The fourth-order valence-electron chi connectivity index (χ4n) is 0.593. The summed E-state index contributed by atoms with van der Waals surface area (Å²) in [5.74, 6) is 0. The molecule has 1 rings (SSSR count). The van der Waals surface area contributed by atoms with Crippen molar-refractivity contribution in [3.05, 3.63) is 36.7 Å². The lowest BCUT2D eigenvalue weighted by Gasteiger charge is -2.08. The van der Waals surface area contributed by atoms with E-state index >= 15 is 0 Å². The molecular formula is C7H9NO. The van der Waals surface area contributed by atoms with Crippen molar-refractivity contribution in [3.63, 3.8) is 0 Å². The van der Waals surface area contributed by atoms with Crippen LogP contribution in [0.5, 0.6) is 0 Å². The first kappa shape index (κ1) is 6.11. The molecule has 0 atom stereocenters. The molecule has 0 spiro atoms. The van der Waals surface area contributed by atoms with E-state index in [1.165, 1.54) is 0 Å². The molecule has 1 N–H and O–H groups in total. The Labute approximate surface area is 54.4 Å². The predicted octanol–water partition coefficient (Wildman–Crippen LogP) is 0.835. The number of nitrogens with zero attached hydrogens (tertiary/aromatic N) is 1. The molecule has 0 fully saturated rings. The molecule has 0 saturated carbocycles. The van der Waals surface area contributed by atoms with E-state index < -0.39 is 0 Å². The molecule has 2 nitrogen and oxygen atoms in total. The molecule has 0 radical (unpaired) electrons. The fourth-order valence-corrected chi connectivity index (χ4v) is 0.593. The van der Waals surface area contributed by atoms with Crippen molar-refractivity contribution in [1.29, 1.82) is 0 Å². The van der Waals surface area contributed by atoms with Gasteiger partial charge in [-0.1, -0.05) is 12.2 Å². The van der Waals surface area contributed by atoms with Crippen LogP contribution in [0.1, 0.15) is 0 Å². The lowest BCUT2D eigenvalue weighted by molar-refractivity contribution is 0.191. The van der Waals surface area contributed by atoms with Gasteiger partial charge in [-0.25, -0.2) is 0 Å². The molecule has 0 unspecified atom stereocenters. The van der Waals surface area contributed by atoms with Gasteiger partial charge in [-0.15, -0.1) is 0 Å². The minimum absolute atomic E-state index is 0.0364. The van der Waals surface area contributed by atoms with Gasteiger partial charge in [0.2, 0.25) is 0 Å². The fraction of sp³-hybridized carbons (Fsp3) is 0.143. The summed E-state index contributed by atoms with van der Waals surface area (Å²) < 4.78 is 0. The molecule has 1 heterocycles. The van der Waals surface area contributed by atoms with Crippen LogP contribution >= 0.6 is 0 Å². The smallest absolute Gasteiger partial charge is 0.119 e. The third-order valence-corrected chi connectivity index (χ3v) is 1.05. The summed E-state index contributed by atoms with van der Waals surface area (Å²) in [7, 11) is 0. The highest BCUT2D eigenvalue weighted by molar-refractivity contribution is 5.15. The van der Waals surface area contributed by atoms with E-state index in [0.29, 0.717) is 0 Å². The van der Waals surface area contributed by atoms with Crippen molar-refractivity contribution >= 4 is 0 Å². The summed E-state index contributed by atoms with van der Waals surface area (Å²) >= 11 is 0. The Kier molecular flexibility index (Phi) is 2.10. The number of rotatable bonds is 1. The number of hydrogen-bond donors (Lipinski definition) is 1. The molecule has 1 aliphatic rings. The van der Waals surface area contributed by atoms with E-state index in [0.717, 1.165) is 0 Å². The summed E-state index contributed by atoms with van der Waals surface area (Å²) in [5.41, 5.74) is 0. The van der Waals surface area contributed by atoms with Crippen LogP contribution in [-0.2, 0) is 0 Å². The first-order chi connectivity index (χ1) is 4.43. The van der Waals surface area contributed by atoms with Crippen molar-refractivity contribution in [2.75, 3.05) is 6.73 Å². The maximum atomic E-state index is 8.61. The highest BCUT2D eigenvalue weighted by atomic mass is 16.3. The Bertz CT molecular complexity index is 142. The first-order valence-corrected chi connectivity index (χ1v) is 2.82. The Morgan fingerprint density at radius 1 is 1.00 bits per heavy atom. The van der Waals surface area contributed by atoms with Crippen LogP contribution in [0, 0.1) is 0 Å². The van der Waals surface area contributed by atoms with Gasteiger partial charge in [-0.3, -0.25) is 0 Å². The van der Waals surface area contributed by atoms with Crippen molar-refractivity contribution in [3.8, 4) is 0 Å². The normalized spacial score (nSPS) is 16.3. The second-order valence-electron chi connectivity index (χ2n) is 1.72. The number of aliphatic hydroxyl groups is 1. The average molecular weight is 123 g/mol. The van der Waals surface area contributed by atoms with Crippen LogP contribution in [0.4, 0.5) is 0 Å². The van der Waals surface area contributed by atoms with Gasteiger partial charge in [0.1, 0.15) is 6.73 Å². The summed E-state index contributed by atoms with van der Waals surface area (Å²) in [4.78, 5) is 1.68. The van der Waals surface area contributed by atoms with Crippen molar-refractivity contribution in [2.45, 2.75) is 0 Å². The van der Waals surface area contributed by atoms with Gasteiger partial charge in [0.25, 0.3) is 0 Å². The molecule has 9 heavy (non-hydrogen) atoms. The SMILES string of the molecule is OCN1C=CC=CC=C1. The van der Waals surface area contributed by atoms with Gasteiger partial charge in [0.05, 0.1) is 0 Å². The van der Waals surface area contributed by atoms with Crippen molar-refractivity contribution in [1.82, 2.24) is 4.90 Å². The zero-order chi connectivity index (χ0) is 6.53. The maximum absolute atomic E-state index is 8.61. The van der Waals surface area contributed by atoms with Crippen LogP contribution in [0.15, 0.2) is 36.7 Å². The summed E-state index contributed by atoms with van der Waals surface area (Å²) in [6.45, 7) is 0.0364. The largest absolute Gasteiger partial charge is 0.376 e. The summed E-state index contributed by atoms with van der Waals surface area (Å²) in [6.07, 6.45) is 11.2. The van der Waals surface area contributed by atoms with E-state index in [9.17, 15) is 0 Å². The lowest BCUT2D eigenvalue weighted by atomic mass is 10.5. The predicted molar refractivity (Wildman–Crippen MR) is 36.3 cm³/mol. The van der Waals surface area contributed by atoms with E-state index in [2.05, 4.69) is 0 Å². The molecule has 0 aliphatic carbocycles. The van der Waals surface area contributed by atoms with Crippen LogP contribution in [0.25, 0.3) is 0 Å². The van der Waals surface area contributed by atoms with Gasteiger partial charge in [-0.2, -0.15) is 0 Å². The summed E-state index contributed by atoms with van der Waals surface area (Å²) in [6, 6.07) is 0. The second-order valence-corrected chi connectivity index (χ2v) is 1.72. The van der Waals surface area contributed by atoms with E-state index in [1.54, 1.807) is 17.3 Å². The lowest BCUT2D eigenvalue weighted by Crippen LogP contribution is -2.08. The summed E-state index contributed by atoms with van der Waals surface area (Å²) in [5, 5.41) is 8.61. The molecule has 0 bridgehead atoms. The highest BCUT2D eigenvalue weighted by Crippen LogP contribution is 1.94. The molecule has 0 saturated heterocycles. The van der Waals surface area contributed by atoms with Crippen LogP contribution in [0.2, 0.25) is 0 Å². The molecule has 2 heteroatoms. The van der Waals surface area contributed by atoms with Gasteiger partial charge in [-0.05, 0) is 12.2 Å². The van der Waals surface area contributed by atoms with Gasteiger partial charge < -0.3 is 10.0 Å². The molecule has 48 valence electrons. The van der Waals surface area contributed by atoms with E-state index in [1.807, 2.05) is 24.3 Å². The van der Waals surface area contributed by atoms with E-state index in [-0.39, 0.29) is 6.73 Å². The van der Waals surface area contributed by atoms with Crippen molar-refractivity contribution in [2.24, 2.45) is 0 Å². The monoisotopic (exact) mass is 123 g/mol. The molecule has 1 aliphatic heterocycles. The molecule has 0 amide bonds. The van der Waals surface area contributed by atoms with Gasteiger partial charge in [0.15, 0.2) is 0 Å². The molecule has 0 aromatic carbocycles. The molecule has 0 aromatic rings. The van der Waals surface area contributed by atoms with Gasteiger partial charge >= 0.3 is 0 Å². The van der Waals surface area contributed by atoms with Crippen LogP contribution < -0.4 is 0 Å². The minimum atomic E-state index is 0.0364. The second kappa shape index (κ2) is 3.10. The average Bonchev–Trinajstić information content (AvgIpc) is 2.13. The number of aliphatic hydroxyl groups excluding tert-OH is 1. The van der Waals surface area contributed by atoms with E-state index in [4.69, 9.17) is 5.11 Å². The zero-order valence-corrected chi connectivity index (χ0v) is 5.07. The number of allylic oxidation sites excluding steroid dienone is 4. The Balaban J connectivity index is 2.58. The van der Waals surface area contributed by atoms with Crippen LogP contribution in [0.3, 0.4) is 0 Å². The third kappa shape index (κ3) is 1.74. The standard InChI is InChI=1S/C7H9NO/c9-7-8-5-3-1-2-4-6-8/h1-6,9H,7H2. The Hall–Kier alpha value is -1.02. The molecular weight excluding hydrogens is 114 g/mol. The minimum Gasteiger partial charge on any atom is -0.376 e. The maximum Gasteiger partial charge on any atom is 0.119 e.